The first-order valence-corrected chi connectivity index (χ1v) is 8.41. The summed E-state index contributed by atoms with van der Waals surface area (Å²) in [7, 11) is 1.57. The van der Waals surface area contributed by atoms with E-state index >= 15 is 0 Å². The standard InChI is InChI=1S/C21H22N2O4/c1-14(21(26)22-13-17-6-4-5-7-19(17)27-3)12-20(25)23-18-10-8-16(9-11-18)15(2)24/h4-12H,13H2,1-3H3,(H,22,26)(H,23,25)/b14-12-. The zero-order chi connectivity index (χ0) is 19.8. The normalized spacial score (nSPS) is 10.9. The molecule has 0 heterocycles. The number of amides is 2. The third-order valence-electron chi connectivity index (χ3n) is 3.90. The van der Waals surface area contributed by atoms with Crippen LogP contribution in [0.4, 0.5) is 5.69 Å². The Kier molecular flexibility index (Phi) is 6.88. The number of hydrogen-bond acceptors (Lipinski definition) is 4. The summed E-state index contributed by atoms with van der Waals surface area (Å²) in [4.78, 5) is 35.5. The fourth-order valence-electron chi connectivity index (χ4n) is 2.39. The number of carbonyl (C=O) groups is 3. The van der Waals surface area contributed by atoms with Gasteiger partial charge in [-0.25, -0.2) is 0 Å². The van der Waals surface area contributed by atoms with E-state index in [2.05, 4.69) is 10.6 Å². The first-order valence-electron chi connectivity index (χ1n) is 8.41. The number of carbonyl (C=O) groups excluding carboxylic acids is 3. The van der Waals surface area contributed by atoms with Crippen molar-refractivity contribution in [1.29, 1.82) is 0 Å². The van der Waals surface area contributed by atoms with Gasteiger partial charge in [0.25, 0.3) is 0 Å². The van der Waals surface area contributed by atoms with Crippen LogP contribution in [0.3, 0.4) is 0 Å². The monoisotopic (exact) mass is 366 g/mol. The molecular weight excluding hydrogens is 344 g/mol. The van der Waals surface area contributed by atoms with Gasteiger partial charge >= 0.3 is 0 Å². The molecule has 0 bridgehead atoms. The van der Waals surface area contributed by atoms with Gasteiger partial charge in [-0.15, -0.1) is 0 Å². The quantitative estimate of drug-likeness (QED) is 0.582. The minimum atomic E-state index is -0.421. The van der Waals surface area contributed by atoms with Crippen molar-refractivity contribution in [3.8, 4) is 5.75 Å². The first kappa shape index (κ1) is 19.9. The van der Waals surface area contributed by atoms with Crippen LogP contribution in [0.5, 0.6) is 5.75 Å². The summed E-state index contributed by atoms with van der Waals surface area (Å²) in [6, 6.07) is 13.9. The molecule has 2 N–H and O–H groups in total. The number of Topliss-reactive ketones (excluding diaryl/α,β-unsaturated/α-hetero) is 1. The molecule has 0 atom stereocenters. The van der Waals surface area contributed by atoms with Gasteiger partial charge < -0.3 is 15.4 Å². The lowest BCUT2D eigenvalue weighted by molar-refractivity contribution is -0.118. The van der Waals surface area contributed by atoms with E-state index < -0.39 is 5.91 Å². The van der Waals surface area contributed by atoms with Gasteiger partial charge in [-0.3, -0.25) is 14.4 Å². The SMILES string of the molecule is COc1ccccc1CNC(=O)/C(C)=C\C(=O)Nc1ccc(C(C)=O)cc1. The van der Waals surface area contributed by atoms with Gasteiger partial charge in [-0.05, 0) is 44.2 Å². The van der Waals surface area contributed by atoms with Crippen LogP contribution in [0.15, 0.2) is 60.2 Å². The highest BCUT2D eigenvalue weighted by molar-refractivity contribution is 6.06. The Labute approximate surface area is 158 Å². The van der Waals surface area contributed by atoms with Crippen LogP contribution in [0, 0.1) is 0 Å². The summed E-state index contributed by atoms with van der Waals surface area (Å²) in [5.74, 6) is -0.125. The first-order chi connectivity index (χ1) is 12.9. The maximum absolute atomic E-state index is 12.2. The lowest BCUT2D eigenvalue weighted by Gasteiger charge is -2.10. The Bertz CT molecular complexity index is 870. The minimum Gasteiger partial charge on any atom is -0.496 e. The lowest BCUT2D eigenvalue weighted by Crippen LogP contribution is -2.24. The number of hydrogen-bond donors (Lipinski definition) is 2. The summed E-state index contributed by atoms with van der Waals surface area (Å²) in [6.07, 6.45) is 1.23. The zero-order valence-corrected chi connectivity index (χ0v) is 15.5. The molecule has 0 saturated carbocycles. The third kappa shape index (κ3) is 5.81. The molecule has 2 amide bonds. The Morgan fingerprint density at radius 3 is 2.30 bits per heavy atom. The summed E-state index contributed by atoms with van der Waals surface area (Å²) in [6.45, 7) is 3.33. The summed E-state index contributed by atoms with van der Waals surface area (Å²) >= 11 is 0. The summed E-state index contributed by atoms with van der Waals surface area (Å²) in [5.41, 5.74) is 2.23. The smallest absolute Gasteiger partial charge is 0.248 e. The predicted molar refractivity (Wildman–Crippen MR) is 104 cm³/mol. The number of benzene rings is 2. The molecule has 6 heteroatoms. The van der Waals surface area contributed by atoms with E-state index in [1.54, 1.807) is 38.3 Å². The van der Waals surface area contributed by atoms with E-state index in [0.29, 0.717) is 23.5 Å². The fraction of sp³-hybridized carbons (Fsp3) is 0.190. The van der Waals surface area contributed by atoms with E-state index in [-0.39, 0.29) is 17.3 Å². The highest BCUT2D eigenvalue weighted by atomic mass is 16.5. The summed E-state index contributed by atoms with van der Waals surface area (Å²) < 4.78 is 5.24. The van der Waals surface area contributed by atoms with Gasteiger partial charge in [-0.2, -0.15) is 0 Å². The zero-order valence-electron chi connectivity index (χ0n) is 15.5. The second-order valence-electron chi connectivity index (χ2n) is 5.94. The molecule has 2 aromatic rings. The van der Waals surface area contributed by atoms with Crippen molar-refractivity contribution < 1.29 is 19.1 Å². The highest BCUT2D eigenvalue weighted by Gasteiger charge is 2.09. The molecule has 2 rings (SSSR count). The van der Waals surface area contributed by atoms with Crippen molar-refractivity contribution in [2.75, 3.05) is 12.4 Å². The second-order valence-corrected chi connectivity index (χ2v) is 5.94. The Morgan fingerprint density at radius 2 is 1.67 bits per heavy atom. The molecule has 0 spiro atoms. The molecule has 0 aliphatic heterocycles. The molecule has 0 saturated heterocycles. The second kappa shape index (κ2) is 9.33. The molecule has 0 radical (unpaired) electrons. The van der Waals surface area contributed by atoms with Crippen LogP contribution in [-0.4, -0.2) is 24.7 Å². The molecule has 140 valence electrons. The molecule has 0 aliphatic rings. The van der Waals surface area contributed by atoms with Crippen molar-refractivity contribution in [3.05, 3.63) is 71.3 Å². The largest absolute Gasteiger partial charge is 0.496 e. The van der Waals surface area contributed by atoms with Gasteiger partial charge in [-0.1, -0.05) is 18.2 Å². The van der Waals surface area contributed by atoms with Crippen LogP contribution in [-0.2, 0) is 16.1 Å². The van der Waals surface area contributed by atoms with Gasteiger partial charge in [0.2, 0.25) is 11.8 Å². The highest BCUT2D eigenvalue weighted by Crippen LogP contribution is 2.16. The van der Waals surface area contributed by atoms with Crippen LogP contribution in [0.25, 0.3) is 0 Å². The van der Waals surface area contributed by atoms with Gasteiger partial charge in [0, 0.05) is 35.0 Å². The van der Waals surface area contributed by atoms with Crippen molar-refractivity contribution in [2.24, 2.45) is 0 Å². The van der Waals surface area contributed by atoms with Crippen LogP contribution < -0.4 is 15.4 Å². The number of ketones is 1. The maximum Gasteiger partial charge on any atom is 0.248 e. The van der Waals surface area contributed by atoms with Gasteiger partial charge in [0.1, 0.15) is 5.75 Å². The van der Waals surface area contributed by atoms with E-state index in [1.807, 2.05) is 24.3 Å². The van der Waals surface area contributed by atoms with Crippen molar-refractivity contribution in [3.63, 3.8) is 0 Å². The van der Waals surface area contributed by atoms with E-state index in [9.17, 15) is 14.4 Å². The summed E-state index contributed by atoms with van der Waals surface area (Å²) in [5, 5.41) is 5.42. The number of anilines is 1. The van der Waals surface area contributed by atoms with Crippen molar-refractivity contribution in [1.82, 2.24) is 5.32 Å². The van der Waals surface area contributed by atoms with Crippen LogP contribution >= 0.6 is 0 Å². The van der Waals surface area contributed by atoms with E-state index in [4.69, 9.17) is 4.74 Å². The van der Waals surface area contributed by atoms with Crippen LogP contribution in [0.2, 0.25) is 0 Å². The molecule has 6 nitrogen and oxygen atoms in total. The number of nitrogens with one attached hydrogen (secondary N) is 2. The lowest BCUT2D eigenvalue weighted by atomic mass is 10.1. The maximum atomic E-state index is 12.2. The average Bonchev–Trinajstić information content (AvgIpc) is 2.66. The number of rotatable bonds is 7. The van der Waals surface area contributed by atoms with Gasteiger partial charge in [0.05, 0.1) is 7.11 Å². The molecular formula is C21H22N2O4. The number of para-hydroxylation sites is 1. The van der Waals surface area contributed by atoms with Crippen LogP contribution in [0.1, 0.15) is 29.8 Å². The Balaban J connectivity index is 1.93. The van der Waals surface area contributed by atoms with E-state index in [0.717, 1.165) is 5.56 Å². The van der Waals surface area contributed by atoms with Crippen molar-refractivity contribution in [2.45, 2.75) is 20.4 Å². The number of methoxy groups -OCH3 is 1. The van der Waals surface area contributed by atoms with Gasteiger partial charge in [0.15, 0.2) is 5.78 Å². The predicted octanol–water partition coefficient (Wildman–Crippen LogP) is 3.10. The Morgan fingerprint density at radius 1 is 1.00 bits per heavy atom. The molecule has 0 fully saturated rings. The molecule has 0 aliphatic carbocycles. The molecule has 0 unspecified atom stereocenters. The molecule has 0 aromatic heterocycles. The molecule has 2 aromatic carbocycles. The fourth-order valence-corrected chi connectivity index (χ4v) is 2.39. The average molecular weight is 366 g/mol. The van der Waals surface area contributed by atoms with Crippen molar-refractivity contribution >= 4 is 23.3 Å². The third-order valence-corrected chi connectivity index (χ3v) is 3.90. The minimum absolute atomic E-state index is 0.0460. The Hall–Kier alpha value is -3.41. The number of ether oxygens (including phenoxy) is 1. The van der Waals surface area contributed by atoms with E-state index in [1.165, 1.54) is 13.0 Å². The topological polar surface area (TPSA) is 84.5 Å². The molecule has 27 heavy (non-hydrogen) atoms.